The van der Waals surface area contributed by atoms with Gasteiger partial charge in [-0.3, -0.25) is 0 Å². The van der Waals surface area contributed by atoms with Crippen molar-refractivity contribution in [2.24, 2.45) is 0 Å². The molecule has 1 aromatic rings. The van der Waals surface area contributed by atoms with Crippen LogP contribution in [0.15, 0.2) is 18.2 Å². The van der Waals surface area contributed by atoms with Gasteiger partial charge in [0.15, 0.2) is 11.5 Å². The maximum absolute atomic E-state index is 5.57. The summed E-state index contributed by atoms with van der Waals surface area (Å²) >= 11 is 1.86. The van der Waals surface area contributed by atoms with E-state index >= 15 is 0 Å². The number of methoxy groups -OCH3 is 1. The van der Waals surface area contributed by atoms with Gasteiger partial charge in [-0.1, -0.05) is 13.0 Å². The molecule has 0 aliphatic carbocycles. The first-order chi connectivity index (χ1) is 7.72. The molecule has 0 N–H and O–H groups in total. The number of benzene rings is 1. The van der Waals surface area contributed by atoms with Gasteiger partial charge in [-0.25, -0.2) is 0 Å². The molecule has 16 heavy (non-hydrogen) atoms. The van der Waals surface area contributed by atoms with Crippen molar-refractivity contribution in [3.05, 3.63) is 23.8 Å². The Labute approximate surface area is 102 Å². The minimum Gasteiger partial charge on any atom is -0.493 e. The van der Waals surface area contributed by atoms with E-state index in [0.717, 1.165) is 17.3 Å². The SMILES string of the molecule is CCOc1cc(C(C)CSC)ccc1OC. The van der Waals surface area contributed by atoms with Crippen LogP contribution in [0.3, 0.4) is 0 Å². The molecular formula is C13H20O2S. The third kappa shape index (κ3) is 3.34. The molecule has 0 fully saturated rings. The molecule has 0 spiro atoms. The molecule has 0 radical (unpaired) electrons. The number of thioether (sulfide) groups is 1. The average Bonchev–Trinajstić information content (AvgIpc) is 2.29. The van der Waals surface area contributed by atoms with Crippen molar-refractivity contribution in [2.45, 2.75) is 19.8 Å². The van der Waals surface area contributed by atoms with E-state index in [4.69, 9.17) is 9.47 Å². The topological polar surface area (TPSA) is 18.5 Å². The maximum atomic E-state index is 5.57. The quantitative estimate of drug-likeness (QED) is 0.757. The van der Waals surface area contributed by atoms with Crippen LogP contribution in [0.5, 0.6) is 11.5 Å². The molecule has 0 aliphatic heterocycles. The van der Waals surface area contributed by atoms with Crippen LogP contribution in [0.2, 0.25) is 0 Å². The molecule has 1 aromatic carbocycles. The van der Waals surface area contributed by atoms with E-state index in [-0.39, 0.29) is 0 Å². The van der Waals surface area contributed by atoms with Crippen LogP contribution in [-0.2, 0) is 0 Å². The highest BCUT2D eigenvalue weighted by Crippen LogP contribution is 2.31. The van der Waals surface area contributed by atoms with Gasteiger partial charge < -0.3 is 9.47 Å². The maximum Gasteiger partial charge on any atom is 0.161 e. The van der Waals surface area contributed by atoms with Crippen LogP contribution in [0, 0.1) is 0 Å². The molecule has 0 bridgehead atoms. The second kappa shape index (κ2) is 6.69. The van der Waals surface area contributed by atoms with E-state index in [1.165, 1.54) is 5.56 Å². The van der Waals surface area contributed by atoms with Crippen LogP contribution in [0.25, 0.3) is 0 Å². The van der Waals surface area contributed by atoms with Gasteiger partial charge >= 0.3 is 0 Å². The van der Waals surface area contributed by atoms with Gasteiger partial charge in [0.1, 0.15) is 0 Å². The van der Waals surface area contributed by atoms with Crippen molar-refractivity contribution in [1.29, 1.82) is 0 Å². The van der Waals surface area contributed by atoms with Crippen LogP contribution < -0.4 is 9.47 Å². The summed E-state index contributed by atoms with van der Waals surface area (Å²) in [5, 5.41) is 0. The fourth-order valence-electron chi connectivity index (χ4n) is 1.61. The molecule has 1 unspecified atom stereocenters. The summed E-state index contributed by atoms with van der Waals surface area (Å²) in [6.07, 6.45) is 2.13. The molecule has 90 valence electrons. The zero-order valence-corrected chi connectivity index (χ0v) is 11.3. The van der Waals surface area contributed by atoms with Crippen LogP contribution in [0.1, 0.15) is 25.3 Å². The van der Waals surface area contributed by atoms with Crippen LogP contribution in [-0.4, -0.2) is 25.7 Å². The first-order valence-electron chi connectivity index (χ1n) is 5.52. The number of ether oxygens (including phenoxy) is 2. The van der Waals surface area contributed by atoms with Crippen LogP contribution in [0.4, 0.5) is 0 Å². The van der Waals surface area contributed by atoms with E-state index in [2.05, 4.69) is 25.3 Å². The fourth-order valence-corrected chi connectivity index (χ4v) is 2.31. The van der Waals surface area contributed by atoms with Gasteiger partial charge in [0.05, 0.1) is 13.7 Å². The predicted molar refractivity (Wildman–Crippen MR) is 71.0 cm³/mol. The lowest BCUT2D eigenvalue weighted by Crippen LogP contribution is -2.00. The van der Waals surface area contributed by atoms with E-state index in [0.29, 0.717) is 12.5 Å². The highest BCUT2D eigenvalue weighted by molar-refractivity contribution is 7.98. The lowest BCUT2D eigenvalue weighted by Gasteiger charge is -2.14. The summed E-state index contributed by atoms with van der Waals surface area (Å²) in [6.45, 7) is 4.88. The summed E-state index contributed by atoms with van der Waals surface area (Å²) in [7, 11) is 1.67. The minimum atomic E-state index is 0.542. The number of rotatable bonds is 6. The summed E-state index contributed by atoms with van der Waals surface area (Å²) in [5.41, 5.74) is 1.30. The van der Waals surface area contributed by atoms with Crippen molar-refractivity contribution in [3.63, 3.8) is 0 Å². The Morgan fingerprint density at radius 2 is 2.06 bits per heavy atom. The van der Waals surface area contributed by atoms with E-state index in [1.54, 1.807) is 7.11 Å². The Balaban J connectivity index is 2.91. The third-order valence-corrected chi connectivity index (χ3v) is 3.31. The first kappa shape index (κ1) is 13.2. The zero-order valence-electron chi connectivity index (χ0n) is 10.4. The highest BCUT2D eigenvalue weighted by atomic mass is 32.2. The van der Waals surface area contributed by atoms with Crippen molar-refractivity contribution >= 4 is 11.8 Å². The first-order valence-corrected chi connectivity index (χ1v) is 6.92. The number of hydrogen-bond donors (Lipinski definition) is 0. The lowest BCUT2D eigenvalue weighted by molar-refractivity contribution is 0.310. The molecule has 1 rings (SSSR count). The summed E-state index contributed by atoms with van der Waals surface area (Å²) in [5.74, 6) is 3.32. The van der Waals surface area contributed by atoms with Crippen molar-refractivity contribution < 1.29 is 9.47 Å². The smallest absolute Gasteiger partial charge is 0.161 e. The van der Waals surface area contributed by atoms with Crippen molar-refractivity contribution in [2.75, 3.05) is 25.7 Å². The molecule has 0 saturated heterocycles. The average molecular weight is 240 g/mol. The van der Waals surface area contributed by atoms with Gasteiger partial charge in [-0.15, -0.1) is 0 Å². The molecular weight excluding hydrogens is 220 g/mol. The lowest BCUT2D eigenvalue weighted by atomic mass is 10.0. The molecule has 2 nitrogen and oxygen atoms in total. The van der Waals surface area contributed by atoms with E-state index in [9.17, 15) is 0 Å². The Bertz CT molecular complexity index is 326. The molecule has 3 heteroatoms. The molecule has 0 heterocycles. The van der Waals surface area contributed by atoms with Crippen LogP contribution >= 0.6 is 11.8 Å². The van der Waals surface area contributed by atoms with Crippen molar-refractivity contribution in [3.8, 4) is 11.5 Å². The van der Waals surface area contributed by atoms with Crippen molar-refractivity contribution in [1.82, 2.24) is 0 Å². The van der Waals surface area contributed by atoms with E-state index in [1.807, 2.05) is 24.8 Å². The van der Waals surface area contributed by atoms with Gasteiger partial charge in [-0.05, 0) is 42.5 Å². The minimum absolute atomic E-state index is 0.542. The molecule has 0 aromatic heterocycles. The monoisotopic (exact) mass is 240 g/mol. The molecule has 0 amide bonds. The second-order valence-electron chi connectivity index (χ2n) is 3.70. The third-order valence-electron chi connectivity index (χ3n) is 2.47. The second-order valence-corrected chi connectivity index (χ2v) is 4.61. The Hall–Kier alpha value is -0.830. The van der Waals surface area contributed by atoms with E-state index < -0.39 is 0 Å². The Kier molecular flexibility index (Phi) is 5.53. The Morgan fingerprint density at radius 3 is 2.62 bits per heavy atom. The normalized spacial score (nSPS) is 12.2. The summed E-state index contributed by atoms with van der Waals surface area (Å²) in [6, 6.07) is 6.18. The van der Waals surface area contributed by atoms with Gasteiger partial charge in [-0.2, -0.15) is 11.8 Å². The summed E-state index contributed by atoms with van der Waals surface area (Å²) < 4.78 is 10.8. The molecule has 1 atom stereocenters. The Morgan fingerprint density at radius 1 is 1.31 bits per heavy atom. The predicted octanol–water partition coefficient (Wildman–Crippen LogP) is 3.56. The zero-order chi connectivity index (χ0) is 12.0. The number of hydrogen-bond acceptors (Lipinski definition) is 3. The highest BCUT2D eigenvalue weighted by Gasteiger charge is 2.09. The molecule has 0 aliphatic rings. The van der Waals surface area contributed by atoms with Gasteiger partial charge in [0.25, 0.3) is 0 Å². The fraction of sp³-hybridized carbons (Fsp3) is 0.538. The van der Waals surface area contributed by atoms with Gasteiger partial charge in [0, 0.05) is 0 Å². The standard InChI is InChI=1S/C13H20O2S/c1-5-15-13-8-11(10(2)9-16-4)6-7-12(13)14-3/h6-8,10H,5,9H2,1-4H3. The largest absolute Gasteiger partial charge is 0.493 e. The molecule has 0 saturated carbocycles. The summed E-state index contributed by atoms with van der Waals surface area (Å²) in [4.78, 5) is 0. The van der Waals surface area contributed by atoms with Gasteiger partial charge in [0.2, 0.25) is 0 Å².